The Morgan fingerprint density at radius 2 is 1.62 bits per heavy atom. The fourth-order valence-electron chi connectivity index (χ4n) is 1.82. The highest BCUT2D eigenvalue weighted by Crippen LogP contribution is 2.11. The van der Waals surface area contributed by atoms with Crippen LogP contribution < -0.4 is 5.73 Å². The largest absolute Gasteiger partial charge is 0.321 e. The molecular weight excluding hydrogens is 198 g/mol. The van der Waals surface area contributed by atoms with Crippen molar-refractivity contribution in [1.82, 2.24) is 0 Å². The van der Waals surface area contributed by atoms with Crippen molar-refractivity contribution in [3.8, 4) is 0 Å². The molecule has 0 heterocycles. The average molecular weight is 227 g/mol. The van der Waals surface area contributed by atoms with Gasteiger partial charge in [-0.25, -0.2) is 0 Å². The number of hydrogen-bond acceptors (Lipinski definition) is 2. The maximum atomic E-state index is 11.7. The highest BCUT2D eigenvalue weighted by molar-refractivity contribution is 5.83. The monoisotopic (exact) mass is 227 g/mol. The van der Waals surface area contributed by atoms with Crippen LogP contribution >= 0.6 is 0 Å². The molecule has 0 amide bonds. The molecule has 0 aromatic carbocycles. The number of hydrogen-bond donors (Lipinski definition) is 1. The first-order valence-electron chi connectivity index (χ1n) is 6.91. The first-order valence-corrected chi connectivity index (χ1v) is 6.91. The molecule has 0 aliphatic heterocycles. The van der Waals surface area contributed by atoms with Crippen molar-refractivity contribution < 1.29 is 4.79 Å². The highest BCUT2D eigenvalue weighted by Gasteiger charge is 2.18. The Labute approximate surface area is 101 Å². The lowest BCUT2D eigenvalue weighted by Gasteiger charge is -2.16. The van der Waals surface area contributed by atoms with E-state index in [0.717, 1.165) is 12.8 Å². The van der Waals surface area contributed by atoms with Crippen LogP contribution in [0.4, 0.5) is 0 Å². The molecule has 0 aliphatic rings. The van der Waals surface area contributed by atoms with Gasteiger partial charge in [-0.2, -0.15) is 0 Å². The van der Waals surface area contributed by atoms with E-state index in [2.05, 4.69) is 20.8 Å². The van der Waals surface area contributed by atoms with Gasteiger partial charge in [-0.15, -0.1) is 0 Å². The van der Waals surface area contributed by atoms with Crippen LogP contribution in [-0.2, 0) is 4.79 Å². The molecule has 0 radical (unpaired) electrons. The summed E-state index contributed by atoms with van der Waals surface area (Å²) in [5.41, 5.74) is 5.88. The topological polar surface area (TPSA) is 43.1 Å². The van der Waals surface area contributed by atoms with Gasteiger partial charge in [0.2, 0.25) is 0 Å². The minimum Gasteiger partial charge on any atom is -0.321 e. The molecule has 0 spiro atoms. The third-order valence-electron chi connectivity index (χ3n) is 3.41. The van der Waals surface area contributed by atoms with E-state index in [1.165, 1.54) is 32.1 Å². The Balaban J connectivity index is 3.50. The van der Waals surface area contributed by atoms with Crippen LogP contribution in [0, 0.1) is 5.92 Å². The summed E-state index contributed by atoms with van der Waals surface area (Å²) in [6.45, 7) is 6.36. The van der Waals surface area contributed by atoms with Gasteiger partial charge in [-0.3, -0.25) is 4.79 Å². The van der Waals surface area contributed by atoms with E-state index in [1.54, 1.807) is 0 Å². The number of nitrogens with two attached hydrogens (primary N) is 1. The van der Waals surface area contributed by atoms with Crippen LogP contribution in [0.3, 0.4) is 0 Å². The number of rotatable bonds is 10. The summed E-state index contributed by atoms with van der Waals surface area (Å²) in [6, 6.07) is -0.236. The third kappa shape index (κ3) is 7.00. The molecule has 0 aromatic rings. The van der Waals surface area contributed by atoms with Gasteiger partial charge in [0.05, 0.1) is 6.04 Å². The minimum absolute atomic E-state index is 0.236. The van der Waals surface area contributed by atoms with Crippen molar-refractivity contribution in [2.24, 2.45) is 11.7 Å². The summed E-state index contributed by atoms with van der Waals surface area (Å²) in [4.78, 5) is 11.7. The van der Waals surface area contributed by atoms with Crippen molar-refractivity contribution >= 4 is 5.78 Å². The van der Waals surface area contributed by atoms with Crippen LogP contribution in [0.15, 0.2) is 0 Å². The highest BCUT2D eigenvalue weighted by atomic mass is 16.1. The zero-order valence-electron chi connectivity index (χ0n) is 11.3. The summed E-state index contributed by atoms with van der Waals surface area (Å²) in [7, 11) is 0. The van der Waals surface area contributed by atoms with Crippen LogP contribution in [0.5, 0.6) is 0 Å². The van der Waals surface area contributed by atoms with Crippen LogP contribution in [0.2, 0.25) is 0 Å². The summed E-state index contributed by atoms with van der Waals surface area (Å²) in [6.07, 6.45) is 9.03. The lowest BCUT2D eigenvalue weighted by atomic mass is 9.93. The molecule has 0 saturated carbocycles. The van der Waals surface area contributed by atoms with E-state index in [0.29, 0.717) is 12.3 Å². The van der Waals surface area contributed by atoms with Gasteiger partial charge < -0.3 is 5.73 Å². The molecule has 96 valence electrons. The molecule has 0 saturated heterocycles. The van der Waals surface area contributed by atoms with Gasteiger partial charge >= 0.3 is 0 Å². The maximum Gasteiger partial charge on any atom is 0.149 e. The van der Waals surface area contributed by atoms with Crippen LogP contribution in [0.25, 0.3) is 0 Å². The third-order valence-corrected chi connectivity index (χ3v) is 3.41. The SMILES string of the molecule is CCCCCCCCC(=O)C(N)C(C)CC. The molecule has 2 unspecified atom stereocenters. The Morgan fingerprint density at radius 1 is 1.06 bits per heavy atom. The van der Waals surface area contributed by atoms with Crippen molar-refractivity contribution in [2.75, 3.05) is 0 Å². The van der Waals surface area contributed by atoms with Crippen LogP contribution in [0.1, 0.15) is 72.1 Å². The molecule has 0 rings (SSSR count). The standard InChI is InChI=1S/C14H29NO/c1-4-6-7-8-9-10-11-13(16)14(15)12(3)5-2/h12,14H,4-11,15H2,1-3H3. The number of ketones is 1. The predicted molar refractivity (Wildman–Crippen MR) is 70.4 cm³/mol. The Hall–Kier alpha value is -0.370. The van der Waals surface area contributed by atoms with E-state index >= 15 is 0 Å². The molecule has 2 atom stereocenters. The molecule has 0 bridgehead atoms. The fourth-order valence-corrected chi connectivity index (χ4v) is 1.82. The normalized spacial score (nSPS) is 14.8. The molecule has 2 heteroatoms. The van der Waals surface area contributed by atoms with Gasteiger partial charge in [-0.1, -0.05) is 59.3 Å². The Morgan fingerprint density at radius 3 is 2.19 bits per heavy atom. The van der Waals surface area contributed by atoms with Crippen molar-refractivity contribution in [3.05, 3.63) is 0 Å². The van der Waals surface area contributed by atoms with Gasteiger partial charge in [0.1, 0.15) is 5.78 Å². The zero-order valence-corrected chi connectivity index (χ0v) is 11.3. The summed E-state index contributed by atoms with van der Waals surface area (Å²) >= 11 is 0. The predicted octanol–water partition coefficient (Wildman–Crippen LogP) is 3.68. The number of carbonyl (C=O) groups excluding carboxylic acids is 1. The first kappa shape index (κ1) is 15.6. The quantitative estimate of drug-likeness (QED) is 0.578. The van der Waals surface area contributed by atoms with E-state index in [4.69, 9.17) is 5.73 Å². The molecule has 0 aliphatic carbocycles. The fraction of sp³-hybridized carbons (Fsp3) is 0.929. The van der Waals surface area contributed by atoms with E-state index in [-0.39, 0.29) is 11.8 Å². The van der Waals surface area contributed by atoms with Crippen molar-refractivity contribution in [3.63, 3.8) is 0 Å². The van der Waals surface area contributed by atoms with E-state index < -0.39 is 0 Å². The maximum absolute atomic E-state index is 11.7. The number of unbranched alkanes of at least 4 members (excludes halogenated alkanes) is 5. The van der Waals surface area contributed by atoms with E-state index in [9.17, 15) is 4.79 Å². The number of carbonyl (C=O) groups is 1. The summed E-state index contributed by atoms with van der Waals surface area (Å²) in [5, 5.41) is 0. The van der Waals surface area contributed by atoms with E-state index in [1.807, 2.05) is 0 Å². The zero-order chi connectivity index (χ0) is 12.4. The summed E-state index contributed by atoms with van der Waals surface area (Å²) < 4.78 is 0. The molecule has 0 aromatic heterocycles. The van der Waals surface area contributed by atoms with Crippen molar-refractivity contribution in [1.29, 1.82) is 0 Å². The smallest absolute Gasteiger partial charge is 0.149 e. The van der Waals surface area contributed by atoms with Crippen molar-refractivity contribution in [2.45, 2.75) is 78.2 Å². The first-order chi connectivity index (χ1) is 7.63. The number of Topliss-reactive ketones (excluding diaryl/α,β-unsaturated/α-hetero) is 1. The van der Waals surface area contributed by atoms with Crippen LogP contribution in [-0.4, -0.2) is 11.8 Å². The second kappa shape index (κ2) is 9.83. The second-order valence-corrected chi connectivity index (χ2v) is 4.90. The molecule has 16 heavy (non-hydrogen) atoms. The molecular formula is C14H29NO. The van der Waals surface area contributed by atoms with Gasteiger partial charge in [0, 0.05) is 6.42 Å². The van der Waals surface area contributed by atoms with Gasteiger partial charge in [-0.05, 0) is 12.3 Å². The Kier molecular flexibility index (Phi) is 9.60. The van der Waals surface area contributed by atoms with Gasteiger partial charge in [0.15, 0.2) is 0 Å². The second-order valence-electron chi connectivity index (χ2n) is 4.90. The van der Waals surface area contributed by atoms with Gasteiger partial charge in [0.25, 0.3) is 0 Å². The molecule has 2 nitrogen and oxygen atoms in total. The molecule has 2 N–H and O–H groups in total. The minimum atomic E-state index is -0.236. The summed E-state index contributed by atoms with van der Waals surface area (Å²) in [5.74, 6) is 0.581. The molecule has 0 fully saturated rings. The lowest BCUT2D eigenvalue weighted by Crippen LogP contribution is -2.36. The lowest BCUT2D eigenvalue weighted by molar-refractivity contribution is -0.121. The Bertz CT molecular complexity index is 180. The average Bonchev–Trinajstić information content (AvgIpc) is 2.31.